The van der Waals surface area contributed by atoms with Crippen LogP contribution in [0.2, 0.25) is 10.0 Å². The lowest BCUT2D eigenvalue weighted by Crippen LogP contribution is -2.04. The van der Waals surface area contributed by atoms with Crippen molar-refractivity contribution < 1.29 is 4.79 Å². The van der Waals surface area contributed by atoms with Crippen LogP contribution in [0.25, 0.3) is 10.2 Å². The minimum atomic E-state index is -0.0853. The van der Waals surface area contributed by atoms with E-state index in [9.17, 15) is 4.79 Å². The van der Waals surface area contributed by atoms with Crippen LogP contribution in [0.3, 0.4) is 0 Å². The first-order valence-corrected chi connectivity index (χ1v) is 7.74. The molecule has 1 aromatic heterocycles. The van der Waals surface area contributed by atoms with Crippen molar-refractivity contribution in [2.75, 3.05) is 5.73 Å². The van der Waals surface area contributed by atoms with E-state index in [0.717, 1.165) is 15.2 Å². The van der Waals surface area contributed by atoms with Gasteiger partial charge in [-0.05, 0) is 24.3 Å². The largest absolute Gasteiger partial charge is 0.396 e. The number of rotatable bonds is 3. The van der Waals surface area contributed by atoms with Crippen LogP contribution in [0.1, 0.15) is 15.4 Å². The van der Waals surface area contributed by atoms with E-state index in [4.69, 9.17) is 28.9 Å². The molecule has 2 aromatic carbocycles. The van der Waals surface area contributed by atoms with Gasteiger partial charge in [-0.1, -0.05) is 35.3 Å². The lowest BCUT2D eigenvalue weighted by molar-refractivity contribution is 0.0993. The second-order valence-corrected chi connectivity index (χ2v) is 6.46. The van der Waals surface area contributed by atoms with Crippen molar-refractivity contribution in [2.24, 2.45) is 0 Å². The first kappa shape index (κ1) is 14.3. The van der Waals surface area contributed by atoms with Crippen molar-refractivity contribution in [1.29, 1.82) is 0 Å². The molecule has 3 aromatic rings. The van der Waals surface area contributed by atoms with E-state index in [1.54, 1.807) is 12.1 Å². The average molecular weight is 337 g/mol. The van der Waals surface area contributed by atoms with E-state index < -0.39 is 0 Å². The molecular weight excluding hydrogens is 327 g/mol. The number of benzene rings is 2. The molecule has 106 valence electrons. The first-order chi connectivity index (χ1) is 10.0. The van der Waals surface area contributed by atoms with Crippen LogP contribution in [-0.2, 0) is 6.42 Å². The number of nitrogens with zero attached hydrogens (tertiary/aromatic N) is 1. The van der Waals surface area contributed by atoms with Gasteiger partial charge >= 0.3 is 0 Å². The van der Waals surface area contributed by atoms with Crippen molar-refractivity contribution in [3.05, 3.63) is 57.0 Å². The quantitative estimate of drug-likeness (QED) is 0.561. The van der Waals surface area contributed by atoms with Gasteiger partial charge in [0.25, 0.3) is 0 Å². The van der Waals surface area contributed by atoms with E-state index in [2.05, 4.69) is 4.98 Å². The van der Waals surface area contributed by atoms with Crippen molar-refractivity contribution in [2.45, 2.75) is 6.42 Å². The van der Waals surface area contributed by atoms with Gasteiger partial charge in [-0.2, -0.15) is 0 Å². The summed E-state index contributed by atoms with van der Waals surface area (Å²) in [5, 5.41) is 1.34. The number of hydrogen-bond donors (Lipinski definition) is 1. The molecule has 0 aliphatic heterocycles. The number of thiazole rings is 1. The first-order valence-electron chi connectivity index (χ1n) is 6.17. The molecule has 0 fully saturated rings. The Morgan fingerprint density at radius 3 is 2.52 bits per heavy atom. The predicted molar refractivity (Wildman–Crippen MR) is 88.5 cm³/mol. The van der Waals surface area contributed by atoms with E-state index in [1.807, 2.05) is 24.3 Å². The Hall–Kier alpha value is -1.62. The van der Waals surface area contributed by atoms with E-state index >= 15 is 0 Å². The summed E-state index contributed by atoms with van der Waals surface area (Å²) in [6.45, 7) is 0. The molecule has 0 saturated carbocycles. The molecule has 0 saturated heterocycles. The van der Waals surface area contributed by atoms with Crippen LogP contribution >= 0.6 is 34.5 Å². The number of fused-ring (bicyclic) bond motifs is 1. The number of carbonyl (C=O) groups is 1. The molecule has 0 aliphatic carbocycles. The van der Waals surface area contributed by atoms with Gasteiger partial charge in [0.15, 0.2) is 5.78 Å². The number of anilines is 1. The third kappa shape index (κ3) is 2.88. The number of nitrogen functional groups attached to an aromatic ring is 1. The highest BCUT2D eigenvalue weighted by Crippen LogP contribution is 2.30. The molecule has 6 heteroatoms. The van der Waals surface area contributed by atoms with Crippen LogP contribution in [-0.4, -0.2) is 10.8 Å². The summed E-state index contributed by atoms with van der Waals surface area (Å²) in [6.07, 6.45) is 0.218. The molecule has 0 spiro atoms. The molecule has 3 nitrogen and oxygen atoms in total. The maximum Gasteiger partial charge on any atom is 0.169 e. The van der Waals surface area contributed by atoms with Crippen LogP contribution in [0.5, 0.6) is 0 Å². The highest BCUT2D eigenvalue weighted by atomic mass is 35.5. The van der Waals surface area contributed by atoms with E-state index in [-0.39, 0.29) is 27.9 Å². The number of para-hydroxylation sites is 1. The minimum absolute atomic E-state index is 0.0853. The van der Waals surface area contributed by atoms with Gasteiger partial charge in [0, 0.05) is 5.56 Å². The third-order valence-corrected chi connectivity index (χ3v) is 4.71. The summed E-state index contributed by atoms with van der Waals surface area (Å²) >= 11 is 13.4. The number of ketones is 1. The lowest BCUT2D eigenvalue weighted by Gasteiger charge is -2.04. The molecule has 3 rings (SSSR count). The Labute approximate surface area is 135 Å². The number of aromatic nitrogens is 1. The number of nitrogens with two attached hydrogens (primary N) is 1. The van der Waals surface area contributed by atoms with Crippen molar-refractivity contribution in [3.63, 3.8) is 0 Å². The zero-order valence-electron chi connectivity index (χ0n) is 10.8. The van der Waals surface area contributed by atoms with Gasteiger partial charge in [-0.3, -0.25) is 4.79 Å². The normalized spacial score (nSPS) is 11.0. The number of carbonyl (C=O) groups excluding carboxylic acids is 1. The van der Waals surface area contributed by atoms with Crippen molar-refractivity contribution >= 4 is 56.2 Å². The van der Waals surface area contributed by atoms with Gasteiger partial charge < -0.3 is 5.73 Å². The Balaban J connectivity index is 1.89. The van der Waals surface area contributed by atoms with Crippen LogP contribution < -0.4 is 5.73 Å². The SMILES string of the molecule is Nc1c(Cl)cc(C(=O)Cc2nc3ccccc3s2)cc1Cl. The second-order valence-electron chi connectivity index (χ2n) is 4.53. The fraction of sp³-hybridized carbons (Fsp3) is 0.0667. The highest BCUT2D eigenvalue weighted by molar-refractivity contribution is 7.18. The molecule has 21 heavy (non-hydrogen) atoms. The topological polar surface area (TPSA) is 56.0 Å². The summed E-state index contributed by atoms with van der Waals surface area (Å²) in [5.74, 6) is -0.0853. The standard InChI is InChI=1S/C15H10Cl2N2OS/c16-9-5-8(6-10(17)15(9)18)12(20)7-14-19-11-3-1-2-4-13(11)21-14/h1-6H,7,18H2. The molecule has 2 N–H and O–H groups in total. The van der Waals surface area contributed by atoms with Gasteiger partial charge in [-0.25, -0.2) is 4.98 Å². The molecule has 0 radical (unpaired) electrons. The van der Waals surface area contributed by atoms with Crippen LogP contribution in [0.4, 0.5) is 5.69 Å². The fourth-order valence-electron chi connectivity index (χ4n) is 1.98. The van der Waals surface area contributed by atoms with Gasteiger partial charge in [0.05, 0.1) is 32.4 Å². The zero-order valence-corrected chi connectivity index (χ0v) is 13.1. The van der Waals surface area contributed by atoms with Crippen LogP contribution in [0, 0.1) is 0 Å². The maximum absolute atomic E-state index is 12.3. The Bertz CT molecular complexity index is 789. The predicted octanol–water partition coefficient (Wildman–Crippen LogP) is 4.61. The zero-order chi connectivity index (χ0) is 15.0. The molecular formula is C15H10Cl2N2OS. The van der Waals surface area contributed by atoms with Gasteiger partial charge in [-0.15, -0.1) is 11.3 Å². The summed E-state index contributed by atoms with van der Waals surface area (Å²) in [6, 6.07) is 10.9. The van der Waals surface area contributed by atoms with Crippen molar-refractivity contribution in [3.8, 4) is 0 Å². The number of Topliss-reactive ketones (excluding diaryl/α,β-unsaturated/α-hetero) is 1. The molecule has 0 unspecified atom stereocenters. The number of halogens is 2. The Morgan fingerprint density at radius 2 is 1.86 bits per heavy atom. The van der Waals surface area contributed by atoms with Crippen LogP contribution in [0.15, 0.2) is 36.4 Å². The number of hydrogen-bond acceptors (Lipinski definition) is 4. The average Bonchev–Trinajstić information content (AvgIpc) is 2.86. The molecule has 0 aliphatic rings. The summed E-state index contributed by atoms with van der Waals surface area (Å²) in [4.78, 5) is 16.8. The van der Waals surface area contributed by atoms with E-state index in [0.29, 0.717) is 5.56 Å². The summed E-state index contributed by atoms with van der Waals surface area (Å²) < 4.78 is 1.06. The fourth-order valence-corrected chi connectivity index (χ4v) is 3.43. The Kier molecular flexibility index (Phi) is 3.85. The summed E-state index contributed by atoms with van der Waals surface area (Å²) in [7, 11) is 0. The smallest absolute Gasteiger partial charge is 0.169 e. The molecule has 0 bridgehead atoms. The van der Waals surface area contributed by atoms with Crippen molar-refractivity contribution in [1.82, 2.24) is 4.98 Å². The highest BCUT2D eigenvalue weighted by Gasteiger charge is 2.14. The molecule has 1 heterocycles. The Morgan fingerprint density at radius 1 is 1.19 bits per heavy atom. The molecule has 0 atom stereocenters. The minimum Gasteiger partial charge on any atom is -0.396 e. The van der Waals surface area contributed by atoms with Gasteiger partial charge in [0.1, 0.15) is 5.01 Å². The monoisotopic (exact) mass is 336 g/mol. The summed E-state index contributed by atoms with van der Waals surface area (Å²) in [5.41, 5.74) is 7.30. The van der Waals surface area contributed by atoms with Gasteiger partial charge in [0.2, 0.25) is 0 Å². The third-order valence-electron chi connectivity index (χ3n) is 3.05. The van der Waals surface area contributed by atoms with E-state index in [1.165, 1.54) is 11.3 Å². The lowest BCUT2D eigenvalue weighted by atomic mass is 10.1. The molecule has 0 amide bonds. The maximum atomic E-state index is 12.3. The second kappa shape index (κ2) is 5.64.